The van der Waals surface area contributed by atoms with Crippen LogP contribution in [0.25, 0.3) is 28.4 Å². The summed E-state index contributed by atoms with van der Waals surface area (Å²) in [5, 5.41) is 8.67. The molecule has 0 radical (unpaired) electrons. The third kappa shape index (κ3) is 4.01. The Kier molecular flexibility index (Phi) is 5.12. The van der Waals surface area contributed by atoms with Crippen LogP contribution in [0, 0.1) is 12.3 Å². The molecule has 2 N–H and O–H groups in total. The molecule has 162 valence electrons. The maximum atomic E-state index is 13.4. The van der Waals surface area contributed by atoms with Crippen LogP contribution in [0.2, 0.25) is 0 Å². The fourth-order valence-electron chi connectivity index (χ4n) is 3.04. The summed E-state index contributed by atoms with van der Waals surface area (Å²) in [6, 6.07) is 11.3. The molecule has 0 aliphatic heterocycles. The van der Waals surface area contributed by atoms with E-state index in [-0.39, 0.29) is 16.4 Å². The van der Waals surface area contributed by atoms with Crippen LogP contribution in [-0.2, 0) is 16.2 Å². The summed E-state index contributed by atoms with van der Waals surface area (Å²) < 4.78 is 69.4. The van der Waals surface area contributed by atoms with Gasteiger partial charge in [-0.3, -0.25) is 0 Å². The van der Waals surface area contributed by atoms with Crippen LogP contribution in [-0.4, -0.2) is 23.2 Å². The third-order valence-corrected chi connectivity index (χ3v) is 5.42. The van der Waals surface area contributed by atoms with Crippen molar-refractivity contribution >= 4 is 10.0 Å². The molecule has 0 aliphatic rings. The Morgan fingerprint density at radius 3 is 2.47 bits per heavy atom. The molecular weight excluding hydrogens is 445 g/mol. The lowest BCUT2D eigenvalue weighted by Gasteiger charge is -2.09. The zero-order valence-electron chi connectivity index (χ0n) is 16.0. The van der Waals surface area contributed by atoms with Crippen molar-refractivity contribution in [1.29, 1.82) is 0 Å². The van der Waals surface area contributed by atoms with Gasteiger partial charge in [0.05, 0.1) is 12.0 Å². The predicted molar refractivity (Wildman–Crippen MR) is 109 cm³/mol. The van der Waals surface area contributed by atoms with Gasteiger partial charge in [-0.2, -0.15) is 18.3 Å². The van der Waals surface area contributed by atoms with Gasteiger partial charge in [0.1, 0.15) is 10.7 Å². The number of nitrogens with two attached hydrogens (primary N) is 1. The third-order valence-electron chi connectivity index (χ3n) is 4.52. The van der Waals surface area contributed by atoms with Gasteiger partial charge in [-0.1, -0.05) is 12.0 Å². The monoisotopic (exact) mass is 458 g/mol. The van der Waals surface area contributed by atoms with E-state index in [0.29, 0.717) is 22.5 Å². The van der Waals surface area contributed by atoms with E-state index in [1.165, 1.54) is 18.4 Å². The highest BCUT2D eigenvalue weighted by molar-refractivity contribution is 7.89. The second kappa shape index (κ2) is 7.67. The van der Waals surface area contributed by atoms with E-state index in [9.17, 15) is 21.6 Å². The van der Waals surface area contributed by atoms with Crippen molar-refractivity contribution in [2.75, 3.05) is 0 Å². The molecular formula is C21H13F3N4O3S. The summed E-state index contributed by atoms with van der Waals surface area (Å²) >= 11 is 0. The lowest BCUT2D eigenvalue weighted by Crippen LogP contribution is -2.13. The normalized spacial score (nSPS) is 12.0. The van der Waals surface area contributed by atoms with E-state index in [2.05, 4.69) is 16.0 Å². The van der Waals surface area contributed by atoms with Crippen LogP contribution in [0.4, 0.5) is 13.2 Å². The summed E-state index contributed by atoms with van der Waals surface area (Å²) in [6.45, 7) is 0. The maximum absolute atomic E-state index is 13.4. The molecule has 0 saturated carbocycles. The van der Waals surface area contributed by atoms with Crippen molar-refractivity contribution in [3.63, 3.8) is 0 Å². The van der Waals surface area contributed by atoms with Gasteiger partial charge >= 0.3 is 6.18 Å². The minimum atomic E-state index is -4.72. The molecule has 0 amide bonds. The number of benzene rings is 1. The van der Waals surface area contributed by atoms with E-state index in [1.807, 2.05) is 0 Å². The summed E-state index contributed by atoms with van der Waals surface area (Å²) in [5.41, 5.74) is 0.238. The predicted octanol–water partition coefficient (Wildman–Crippen LogP) is 3.84. The highest BCUT2D eigenvalue weighted by atomic mass is 32.2. The van der Waals surface area contributed by atoms with Gasteiger partial charge < -0.3 is 4.42 Å². The number of pyridine rings is 1. The van der Waals surface area contributed by atoms with Crippen LogP contribution < -0.4 is 5.14 Å². The molecule has 7 nitrogen and oxygen atoms in total. The van der Waals surface area contributed by atoms with Crippen LogP contribution in [0.15, 0.2) is 70.3 Å². The van der Waals surface area contributed by atoms with Crippen LogP contribution >= 0.6 is 0 Å². The minimum absolute atomic E-state index is 0.0414. The lowest BCUT2D eigenvalue weighted by atomic mass is 10.0. The van der Waals surface area contributed by atoms with Gasteiger partial charge in [0.15, 0.2) is 11.5 Å². The molecule has 3 aromatic heterocycles. The molecule has 1 aromatic carbocycles. The Balaban J connectivity index is 1.88. The summed E-state index contributed by atoms with van der Waals surface area (Å²) in [4.78, 5) is 3.63. The first-order valence-corrected chi connectivity index (χ1v) is 10.4. The quantitative estimate of drug-likeness (QED) is 0.468. The zero-order chi connectivity index (χ0) is 23.1. The van der Waals surface area contributed by atoms with Gasteiger partial charge in [0.25, 0.3) is 0 Å². The van der Waals surface area contributed by atoms with Crippen molar-refractivity contribution in [2.24, 2.45) is 5.14 Å². The molecule has 11 heteroatoms. The zero-order valence-corrected chi connectivity index (χ0v) is 16.9. The molecule has 3 heterocycles. The summed E-state index contributed by atoms with van der Waals surface area (Å²) in [6.07, 6.45) is 3.31. The van der Waals surface area contributed by atoms with Crippen molar-refractivity contribution in [1.82, 2.24) is 14.8 Å². The molecule has 0 aliphatic carbocycles. The summed E-state index contributed by atoms with van der Waals surface area (Å²) in [5.74, 6) is 2.97. The Bertz CT molecular complexity index is 1430. The van der Waals surface area contributed by atoms with Crippen molar-refractivity contribution in [2.45, 2.75) is 11.1 Å². The average Bonchev–Trinajstić information content (AvgIpc) is 3.43. The molecule has 0 saturated heterocycles. The highest BCUT2D eigenvalue weighted by Crippen LogP contribution is 2.35. The van der Waals surface area contributed by atoms with Crippen molar-refractivity contribution in [3.8, 4) is 40.7 Å². The van der Waals surface area contributed by atoms with Gasteiger partial charge in [0, 0.05) is 22.9 Å². The Hall–Kier alpha value is -3.88. The smallest absolute Gasteiger partial charge is 0.435 e. The fraction of sp³-hybridized carbons (Fsp3) is 0.0476. The molecule has 0 spiro atoms. The number of primary sulfonamides is 1. The Morgan fingerprint density at radius 1 is 1.12 bits per heavy atom. The van der Waals surface area contributed by atoms with E-state index in [4.69, 9.17) is 16.0 Å². The van der Waals surface area contributed by atoms with E-state index in [0.717, 1.165) is 23.0 Å². The Morgan fingerprint density at radius 2 is 1.91 bits per heavy atom. The molecule has 32 heavy (non-hydrogen) atoms. The number of rotatable bonds is 4. The van der Waals surface area contributed by atoms with Gasteiger partial charge in [0.2, 0.25) is 10.0 Å². The molecule has 0 bridgehead atoms. The average molecular weight is 458 g/mol. The van der Waals surface area contributed by atoms with Crippen molar-refractivity contribution in [3.05, 3.63) is 72.2 Å². The number of hydrogen-bond acceptors (Lipinski definition) is 5. The molecule has 0 unspecified atom stereocenters. The fourth-order valence-corrected chi connectivity index (χ4v) is 3.49. The second-order valence-corrected chi connectivity index (χ2v) is 8.16. The second-order valence-electron chi connectivity index (χ2n) is 6.60. The first-order chi connectivity index (χ1) is 15.1. The van der Waals surface area contributed by atoms with Crippen LogP contribution in [0.1, 0.15) is 11.3 Å². The first kappa shape index (κ1) is 21.4. The highest BCUT2D eigenvalue weighted by Gasteiger charge is 2.35. The number of nitrogens with zero attached hydrogens (tertiary/aromatic N) is 3. The molecule has 4 aromatic rings. The van der Waals surface area contributed by atoms with E-state index in [1.54, 1.807) is 24.3 Å². The summed E-state index contributed by atoms with van der Waals surface area (Å²) in [7, 11) is -4.02. The number of furan rings is 1. The number of halogens is 3. The SMILES string of the molecule is C#Cc1cc(-c2cc(C(F)(F)F)nn2-c2ccc(S(N)(=O)=O)cn2)ccc1-c1ccco1. The number of aromatic nitrogens is 3. The van der Waals surface area contributed by atoms with Gasteiger partial charge in [-0.15, -0.1) is 6.42 Å². The van der Waals surface area contributed by atoms with E-state index < -0.39 is 21.9 Å². The minimum Gasteiger partial charge on any atom is -0.464 e. The Labute approximate surface area is 180 Å². The van der Waals surface area contributed by atoms with Crippen LogP contribution in [0.3, 0.4) is 0 Å². The molecule has 4 rings (SSSR count). The largest absolute Gasteiger partial charge is 0.464 e. The molecule has 0 atom stereocenters. The number of terminal acetylenes is 1. The standard InChI is InChI=1S/C21H13F3N4O3S/c1-2-13-10-14(5-7-16(13)18-4-3-9-31-18)17-11-19(21(22,23)24)27-28(17)20-8-6-15(12-26-20)32(25,29)30/h1,3-12H,(H2,25,29,30). The topological polar surface area (TPSA) is 104 Å². The first-order valence-electron chi connectivity index (χ1n) is 8.89. The van der Waals surface area contributed by atoms with Gasteiger partial charge in [-0.25, -0.2) is 23.2 Å². The number of alkyl halides is 3. The number of sulfonamides is 1. The number of hydrogen-bond donors (Lipinski definition) is 1. The van der Waals surface area contributed by atoms with Crippen LogP contribution in [0.5, 0.6) is 0 Å². The van der Waals surface area contributed by atoms with E-state index >= 15 is 0 Å². The van der Waals surface area contributed by atoms with Crippen molar-refractivity contribution < 1.29 is 26.0 Å². The lowest BCUT2D eigenvalue weighted by molar-refractivity contribution is -0.141. The van der Waals surface area contributed by atoms with Gasteiger partial charge in [-0.05, 0) is 42.5 Å². The molecule has 0 fully saturated rings. The maximum Gasteiger partial charge on any atom is 0.435 e.